The van der Waals surface area contributed by atoms with Crippen molar-refractivity contribution in [2.45, 2.75) is 39.8 Å². The van der Waals surface area contributed by atoms with Gasteiger partial charge in [-0.15, -0.1) is 0 Å². The molecule has 0 saturated heterocycles. The van der Waals surface area contributed by atoms with Crippen LogP contribution in [0.4, 0.5) is 5.69 Å². The Morgan fingerprint density at radius 3 is 2.72 bits per heavy atom. The van der Waals surface area contributed by atoms with Gasteiger partial charge >= 0.3 is 0 Å². The minimum absolute atomic E-state index is 0.236. The summed E-state index contributed by atoms with van der Waals surface area (Å²) in [6.07, 6.45) is 6.96. The fourth-order valence-corrected chi connectivity index (χ4v) is 2.01. The van der Waals surface area contributed by atoms with E-state index >= 15 is 0 Å². The van der Waals surface area contributed by atoms with Gasteiger partial charge in [-0.1, -0.05) is 6.92 Å². The monoisotopic (exact) mass is 247 g/mol. The molecule has 5 heteroatoms. The van der Waals surface area contributed by atoms with Crippen molar-refractivity contribution in [1.82, 2.24) is 19.6 Å². The van der Waals surface area contributed by atoms with Gasteiger partial charge in [-0.2, -0.15) is 10.2 Å². The van der Waals surface area contributed by atoms with Gasteiger partial charge in [0.1, 0.15) is 0 Å². The maximum Gasteiger partial charge on any atom is 0.0853 e. The average Bonchev–Trinajstić information content (AvgIpc) is 2.95. The Kier molecular flexibility index (Phi) is 3.69. The van der Waals surface area contributed by atoms with Crippen molar-refractivity contribution in [1.29, 1.82) is 0 Å². The van der Waals surface area contributed by atoms with Gasteiger partial charge in [0.25, 0.3) is 0 Å². The van der Waals surface area contributed by atoms with E-state index in [4.69, 9.17) is 0 Å². The third-order valence-corrected chi connectivity index (χ3v) is 3.09. The molecular weight excluding hydrogens is 226 g/mol. The summed E-state index contributed by atoms with van der Waals surface area (Å²) in [5, 5.41) is 12.2. The Labute approximate surface area is 108 Å². The van der Waals surface area contributed by atoms with E-state index in [-0.39, 0.29) is 6.04 Å². The molecule has 1 atom stereocenters. The summed E-state index contributed by atoms with van der Waals surface area (Å²) < 4.78 is 3.79. The number of aromatic nitrogens is 4. The predicted octanol–water partition coefficient (Wildman–Crippen LogP) is 2.37. The predicted molar refractivity (Wildman–Crippen MR) is 72.5 cm³/mol. The number of hydrogen-bond acceptors (Lipinski definition) is 3. The Hall–Kier alpha value is -1.78. The van der Waals surface area contributed by atoms with Gasteiger partial charge in [-0.25, -0.2) is 0 Å². The normalized spacial score (nSPS) is 12.7. The van der Waals surface area contributed by atoms with Crippen LogP contribution in [0.3, 0.4) is 0 Å². The lowest BCUT2D eigenvalue weighted by Crippen LogP contribution is -2.06. The molecule has 0 bridgehead atoms. The molecule has 1 N–H and O–H groups in total. The SMILES string of the molecule is CCc1nn(C)cc1NC(C)c1cnn(CC)c1. The lowest BCUT2D eigenvalue weighted by Gasteiger charge is -2.12. The third kappa shape index (κ3) is 2.55. The highest BCUT2D eigenvalue weighted by Crippen LogP contribution is 2.21. The van der Waals surface area contributed by atoms with Crippen molar-refractivity contribution in [3.8, 4) is 0 Å². The van der Waals surface area contributed by atoms with Crippen LogP contribution in [0, 0.1) is 0 Å². The van der Waals surface area contributed by atoms with E-state index in [1.807, 2.05) is 28.8 Å². The summed E-state index contributed by atoms with van der Waals surface area (Å²) in [5.74, 6) is 0. The zero-order valence-corrected chi connectivity index (χ0v) is 11.5. The first-order valence-electron chi connectivity index (χ1n) is 6.45. The molecule has 2 aromatic heterocycles. The second-order valence-corrected chi connectivity index (χ2v) is 4.51. The van der Waals surface area contributed by atoms with E-state index in [1.54, 1.807) is 0 Å². The van der Waals surface area contributed by atoms with Gasteiger partial charge < -0.3 is 5.32 Å². The molecule has 2 aromatic rings. The molecule has 0 aromatic carbocycles. The number of nitrogens with zero attached hydrogens (tertiary/aromatic N) is 4. The molecule has 0 spiro atoms. The maximum absolute atomic E-state index is 4.43. The van der Waals surface area contributed by atoms with Crippen LogP contribution in [-0.4, -0.2) is 19.6 Å². The summed E-state index contributed by atoms with van der Waals surface area (Å²) >= 11 is 0. The molecule has 0 aliphatic heterocycles. The Bertz CT molecular complexity index is 511. The maximum atomic E-state index is 4.43. The van der Waals surface area contributed by atoms with Crippen LogP contribution < -0.4 is 5.32 Å². The summed E-state index contributed by atoms with van der Waals surface area (Å²) in [5.41, 5.74) is 3.41. The van der Waals surface area contributed by atoms with Crippen molar-refractivity contribution in [3.05, 3.63) is 29.8 Å². The van der Waals surface area contributed by atoms with Crippen LogP contribution >= 0.6 is 0 Å². The molecule has 5 nitrogen and oxygen atoms in total. The van der Waals surface area contributed by atoms with Crippen LogP contribution in [-0.2, 0) is 20.0 Å². The fourth-order valence-electron chi connectivity index (χ4n) is 2.01. The van der Waals surface area contributed by atoms with Crippen LogP contribution in [0.2, 0.25) is 0 Å². The van der Waals surface area contributed by atoms with Crippen molar-refractivity contribution in [2.24, 2.45) is 7.05 Å². The molecule has 98 valence electrons. The van der Waals surface area contributed by atoms with Crippen molar-refractivity contribution < 1.29 is 0 Å². The highest BCUT2D eigenvalue weighted by atomic mass is 15.3. The van der Waals surface area contributed by atoms with Crippen LogP contribution in [0.25, 0.3) is 0 Å². The molecule has 0 fully saturated rings. The van der Waals surface area contributed by atoms with E-state index in [0.717, 1.165) is 24.3 Å². The highest BCUT2D eigenvalue weighted by Gasteiger charge is 2.11. The van der Waals surface area contributed by atoms with E-state index in [2.05, 4.69) is 42.5 Å². The molecule has 18 heavy (non-hydrogen) atoms. The number of aryl methyl sites for hydroxylation is 3. The Morgan fingerprint density at radius 2 is 2.11 bits per heavy atom. The average molecular weight is 247 g/mol. The highest BCUT2D eigenvalue weighted by molar-refractivity contribution is 5.48. The summed E-state index contributed by atoms with van der Waals surface area (Å²) in [6.45, 7) is 7.25. The number of nitrogens with one attached hydrogen (secondary N) is 1. The Morgan fingerprint density at radius 1 is 1.33 bits per heavy atom. The second kappa shape index (κ2) is 5.25. The van der Waals surface area contributed by atoms with E-state index in [9.17, 15) is 0 Å². The van der Waals surface area contributed by atoms with E-state index < -0.39 is 0 Å². The summed E-state index contributed by atoms with van der Waals surface area (Å²) in [4.78, 5) is 0. The zero-order chi connectivity index (χ0) is 13.1. The minimum Gasteiger partial charge on any atom is -0.376 e. The van der Waals surface area contributed by atoms with Gasteiger partial charge in [0.05, 0.1) is 23.6 Å². The smallest absolute Gasteiger partial charge is 0.0853 e. The molecule has 0 radical (unpaired) electrons. The van der Waals surface area contributed by atoms with Gasteiger partial charge in [0.2, 0.25) is 0 Å². The van der Waals surface area contributed by atoms with Crippen molar-refractivity contribution in [3.63, 3.8) is 0 Å². The second-order valence-electron chi connectivity index (χ2n) is 4.51. The van der Waals surface area contributed by atoms with Crippen molar-refractivity contribution >= 4 is 5.69 Å². The topological polar surface area (TPSA) is 47.7 Å². The number of hydrogen-bond donors (Lipinski definition) is 1. The number of anilines is 1. The van der Waals surface area contributed by atoms with Crippen LogP contribution in [0.5, 0.6) is 0 Å². The van der Waals surface area contributed by atoms with Gasteiger partial charge in [0, 0.05) is 31.5 Å². The molecule has 1 unspecified atom stereocenters. The van der Waals surface area contributed by atoms with E-state index in [0.29, 0.717) is 0 Å². The standard InChI is InChI=1S/C13H21N5/c1-5-12-13(9-17(4)16-12)15-10(3)11-7-14-18(6-2)8-11/h7-10,15H,5-6H2,1-4H3. The zero-order valence-electron chi connectivity index (χ0n) is 11.5. The van der Waals surface area contributed by atoms with Gasteiger partial charge in [-0.3, -0.25) is 9.36 Å². The first-order valence-corrected chi connectivity index (χ1v) is 6.45. The van der Waals surface area contributed by atoms with Gasteiger partial charge in [0.15, 0.2) is 0 Å². The molecular formula is C13H21N5. The molecule has 0 aliphatic rings. The molecule has 2 rings (SSSR count). The fraction of sp³-hybridized carbons (Fsp3) is 0.538. The molecule has 0 amide bonds. The largest absolute Gasteiger partial charge is 0.376 e. The first kappa shape index (κ1) is 12.7. The third-order valence-electron chi connectivity index (χ3n) is 3.09. The quantitative estimate of drug-likeness (QED) is 0.882. The summed E-state index contributed by atoms with van der Waals surface area (Å²) in [7, 11) is 1.95. The minimum atomic E-state index is 0.236. The molecule has 0 saturated carbocycles. The molecule has 2 heterocycles. The molecule has 0 aliphatic carbocycles. The van der Waals surface area contributed by atoms with E-state index in [1.165, 1.54) is 5.56 Å². The van der Waals surface area contributed by atoms with Crippen LogP contribution in [0.15, 0.2) is 18.6 Å². The lowest BCUT2D eigenvalue weighted by atomic mass is 10.2. The van der Waals surface area contributed by atoms with Crippen LogP contribution in [0.1, 0.15) is 38.1 Å². The van der Waals surface area contributed by atoms with Crippen molar-refractivity contribution in [2.75, 3.05) is 5.32 Å². The summed E-state index contributed by atoms with van der Waals surface area (Å²) in [6, 6.07) is 0.236. The number of rotatable bonds is 5. The first-order chi connectivity index (χ1) is 8.63. The van der Waals surface area contributed by atoms with Gasteiger partial charge in [-0.05, 0) is 20.3 Å². The lowest BCUT2D eigenvalue weighted by molar-refractivity contribution is 0.658. The Balaban J connectivity index is 2.12.